The van der Waals surface area contributed by atoms with Gasteiger partial charge in [-0.15, -0.1) is 0 Å². The van der Waals surface area contributed by atoms with Gasteiger partial charge in [0, 0.05) is 29.8 Å². The molecule has 5 heteroatoms. The number of carbonyl (C=O) groups excluding carboxylic acids is 1. The highest BCUT2D eigenvalue weighted by Crippen LogP contribution is 2.17. The number of imidazole rings is 1. The lowest BCUT2D eigenvalue weighted by molar-refractivity contribution is -0.124. The van der Waals surface area contributed by atoms with E-state index in [1.165, 1.54) is 0 Å². The number of nitrogens with zero attached hydrogens (tertiary/aromatic N) is 2. The third-order valence-corrected chi connectivity index (χ3v) is 4.23. The minimum atomic E-state index is -0.00900. The molecule has 0 radical (unpaired) electrons. The Morgan fingerprint density at radius 1 is 1.43 bits per heavy atom. The maximum absolute atomic E-state index is 12.1. The number of hydrogen-bond donors (Lipinski definition) is 1. The molecule has 21 heavy (non-hydrogen) atoms. The number of carbonyl (C=O) groups is 1. The molecule has 0 unspecified atom stereocenters. The zero-order valence-electron chi connectivity index (χ0n) is 12.6. The standard InChI is InChI=1S/C16H21N3OS/c1-12(10-21-3)16(20)18-13(2)14-5-4-6-15(9-14)19-8-7-17-11-19/h4-9,11-13H,10H2,1-3H3,(H,18,20)/t12-,13-/m1/s1. The van der Waals surface area contributed by atoms with Gasteiger partial charge < -0.3 is 9.88 Å². The molecule has 0 aliphatic carbocycles. The Kier molecular flexibility index (Phi) is 5.44. The van der Waals surface area contributed by atoms with Gasteiger partial charge in [-0.25, -0.2) is 4.98 Å². The Balaban J connectivity index is 2.07. The maximum Gasteiger partial charge on any atom is 0.224 e. The van der Waals surface area contributed by atoms with Gasteiger partial charge in [0.15, 0.2) is 0 Å². The average molecular weight is 303 g/mol. The summed E-state index contributed by atoms with van der Waals surface area (Å²) in [6.45, 7) is 3.97. The first-order valence-corrected chi connectivity index (χ1v) is 8.38. The summed E-state index contributed by atoms with van der Waals surface area (Å²) in [6.07, 6.45) is 7.44. The minimum Gasteiger partial charge on any atom is -0.349 e. The second-order valence-corrected chi connectivity index (χ2v) is 6.06. The highest BCUT2D eigenvalue weighted by Gasteiger charge is 2.15. The number of thioether (sulfide) groups is 1. The molecule has 0 saturated heterocycles. The van der Waals surface area contributed by atoms with Crippen molar-refractivity contribution in [3.05, 3.63) is 48.5 Å². The molecule has 0 spiro atoms. The Morgan fingerprint density at radius 3 is 2.90 bits per heavy atom. The highest BCUT2D eigenvalue weighted by molar-refractivity contribution is 7.98. The first-order chi connectivity index (χ1) is 10.1. The molecule has 2 aromatic rings. The van der Waals surface area contributed by atoms with Crippen molar-refractivity contribution < 1.29 is 4.79 Å². The second-order valence-electron chi connectivity index (χ2n) is 5.15. The van der Waals surface area contributed by atoms with Crippen LogP contribution in [0.5, 0.6) is 0 Å². The van der Waals surface area contributed by atoms with E-state index in [2.05, 4.69) is 16.4 Å². The molecule has 0 aliphatic heterocycles. The number of aromatic nitrogens is 2. The SMILES string of the molecule is CSC[C@@H](C)C(=O)N[C@H](C)c1cccc(-n2ccnc2)c1. The van der Waals surface area contributed by atoms with Crippen LogP contribution in [0.3, 0.4) is 0 Å². The van der Waals surface area contributed by atoms with Crippen molar-refractivity contribution in [2.24, 2.45) is 5.92 Å². The van der Waals surface area contributed by atoms with E-state index in [-0.39, 0.29) is 17.9 Å². The van der Waals surface area contributed by atoms with Gasteiger partial charge in [0.25, 0.3) is 0 Å². The molecule has 1 aromatic carbocycles. The summed E-state index contributed by atoms with van der Waals surface area (Å²) in [5, 5.41) is 3.08. The first kappa shape index (κ1) is 15.6. The Labute approximate surface area is 130 Å². The second kappa shape index (κ2) is 7.31. The van der Waals surface area contributed by atoms with Crippen LogP contribution in [0.2, 0.25) is 0 Å². The topological polar surface area (TPSA) is 46.9 Å². The van der Waals surface area contributed by atoms with Gasteiger partial charge in [-0.2, -0.15) is 11.8 Å². The summed E-state index contributed by atoms with van der Waals surface area (Å²) in [6, 6.07) is 8.12. The van der Waals surface area contributed by atoms with E-state index in [0.29, 0.717) is 0 Å². The number of hydrogen-bond acceptors (Lipinski definition) is 3. The van der Waals surface area contributed by atoms with E-state index in [1.54, 1.807) is 24.3 Å². The first-order valence-electron chi connectivity index (χ1n) is 6.99. The van der Waals surface area contributed by atoms with Gasteiger partial charge in [-0.1, -0.05) is 19.1 Å². The number of benzene rings is 1. The zero-order chi connectivity index (χ0) is 15.2. The van der Waals surface area contributed by atoms with Crippen molar-refractivity contribution in [1.29, 1.82) is 0 Å². The molecule has 4 nitrogen and oxygen atoms in total. The maximum atomic E-state index is 12.1. The molecule has 1 amide bonds. The van der Waals surface area contributed by atoms with Gasteiger partial charge in [0.2, 0.25) is 5.91 Å². The van der Waals surface area contributed by atoms with Crippen LogP contribution in [0.25, 0.3) is 5.69 Å². The smallest absolute Gasteiger partial charge is 0.224 e. The Hall–Kier alpha value is -1.75. The van der Waals surface area contributed by atoms with E-state index < -0.39 is 0 Å². The van der Waals surface area contributed by atoms with Gasteiger partial charge in [-0.3, -0.25) is 4.79 Å². The fourth-order valence-corrected chi connectivity index (χ4v) is 2.78. The fraction of sp³-hybridized carbons (Fsp3) is 0.375. The summed E-state index contributed by atoms with van der Waals surface area (Å²) in [7, 11) is 0. The van der Waals surface area contributed by atoms with Crippen molar-refractivity contribution in [1.82, 2.24) is 14.9 Å². The number of rotatable bonds is 6. The summed E-state index contributed by atoms with van der Waals surface area (Å²) >= 11 is 1.69. The monoisotopic (exact) mass is 303 g/mol. The predicted molar refractivity (Wildman–Crippen MR) is 87.7 cm³/mol. The van der Waals surface area contributed by atoms with Crippen LogP contribution in [0.15, 0.2) is 43.0 Å². The molecule has 2 atom stereocenters. The van der Waals surface area contributed by atoms with E-state index in [1.807, 2.05) is 49.1 Å². The van der Waals surface area contributed by atoms with Crippen LogP contribution in [0, 0.1) is 5.92 Å². The molecule has 1 heterocycles. The highest BCUT2D eigenvalue weighted by atomic mass is 32.2. The van der Waals surface area contributed by atoms with E-state index in [0.717, 1.165) is 17.0 Å². The molecule has 0 saturated carbocycles. The average Bonchev–Trinajstić information content (AvgIpc) is 3.01. The van der Waals surface area contributed by atoms with E-state index in [4.69, 9.17) is 0 Å². The Bertz CT molecular complexity index is 583. The fourth-order valence-electron chi connectivity index (χ4n) is 2.13. The predicted octanol–water partition coefficient (Wildman–Crippen LogP) is 3.05. The summed E-state index contributed by atoms with van der Waals surface area (Å²) < 4.78 is 1.95. The van der Waals surface area contributed by atoms with Gasteiger partial charge in [0.1, 0.15) is 0 Å². The van der Waals surface area contributed by atoms with Crippen molar-refractivity contribution in [3.8, 4) is 5.69 Å². The largest absolute Gasteiger partial charge is 0.349 e. The number of amides is 1. The lowest BCUT2D eigenvalue weighted by atomic mass is 10.1. The van der Waals surface area contributed by atoms with Crippen molar-refractivity contribution in [3.63, 3.8) is 0 Å². The summed E-state index contributed by atoms with van der Waals surface area (Å²) in [5.74, 6) is 0.970. The molecule has 0 aliphatic rings. The normalized spacial score (nSPS) is 13.7. The van der Waals surface area contributed by atoms with Crippen LogP contribution < -0.4 is 5.32 Å². The van der Waals surface area contributed by atoms with Crippen LogP contribution >= 0.6 is 11.8 Å². The van der Waals surface area contributed by atoms with Crippen molar-refractivity contribution >= 4 is 17.7 Å². The van der Waals surface area contributed by atoms with Crippen LogP contribution in [-0.4, -0.2) is 27.5 Å². The van der Waals surface area contributed by atoms with Gasteiger partial charge >= 0.3 is 0 Å². The molecular weight excluding hydrogens is 282 g/mol. The quantitative estimate of drug-likeness (QED) is 0.892. The zero-order valence-corrected chi connectivity index (χ0v) is 13.4. The molecule has 1 aromatic heterocycles. The van der Waals surface area contributed by atoms with Crippen LogP contribution in [0.4, 0.5) is 0 Å². The third kappa shape index (κ3) is 4.11. The van der Waals surface area contributed by atoms with Gasteiger partial charge in [0.05, 0.1) is 12.4 Å². The third-order valence-electron chi connectivity index (χ3n) is 3.40. The van der Waals surface area contributed by atoms with Crippen molar-refractivity contribution in [2.45, 2.75) is 19.9 Å². The lowest BCUT2D eigenvalue weighted by Crippen LogP contribution is -2.32. The van der Waals surface area contributed by atoms with Crippen LogP contribution in [0.1, 0.15) is 25.5 Å². The minimum absolute atomic E-state index is 0.00900. The van der Waals surface area contributed by atoms with Crippen molar-refractivity contribution in [2.75, 3.05) is 12.0 Å². The molecule has 2 rings (SSSR count). The molecule has 0 bridgehead atoms. The van der Waals surface area contributed by atoms with E-state index >= 15 is 0 Å². The lowest BCUT2D eigenvalue weighted by Gasteiger charge is -2.18. The number of nitrogens with one attached hydrogen (secondary N) is 1. The summed E-state index contributed by atoms with van der Waals surface area (Å²) in [4.78, 5) is 16.1. The molecule has 1 N–H and O–H groups in total. The Morgan fingerprint density at radius 2 is 2.24 bits per heavy atom. The molecular formula is C16H21N3OS. The molecule has 0 fully saturated rings. The van der Waals surface area contributed by atoms with E-state index in [9.17, 15) is 4.79 Å². The summed E-state index contributed by atoms with van der Waals surface area (Å²) in [5.41, 5.74) is 2.13. The molecule has 112 valence electrons. The van der Waals surface area contributed by atoms with Gasteiger partial charge in [-0.05, 0) is 30.9 Å². The van der Waals surface area contributed by atoms with Crippen LogP contribution in [-0.2, 0) is 4.79 Å².